The molecular weight excluding hydrogens is 354 g/mol. The zero-order chi connectivity index (χ0) is 17.4. The van der Waals surface area contributed by atoms with E-state index in [2.05, 4.69) is 53.6 Å². The highest BCUT2D eigenvalue weighted by Gasteiger charge is 2.08. The van der Waals surface area contributed by atoms with Crippen molar-refractivity contribution >= 4 is 28.0 Å². The number of hydrogen-bond donors (Lipinski definition) is 0. The van der Waals surface area contributed by atoms with Crippen LogP contribution < -0.4 is 4.74 Å². The van der Waals surface area contributed by atoms with Gasteiger partial charge in [0.2, 0.25) is 5.88 Å². The van der Waals surface area contributed by atoms with Gasteiger partial charge in [-0.2, -0.15) is 0 Å². The molecule has 0 unspecified atom stereocenters. The zero-order valence-electron chi connectivity index (χ0n) is 15.1. The molecular formula is C18H28BrN3O. The van der Waals surface area contributed by atoms with Crippen LogP contribution in [0.3, 0.4) is 0 Å². The molecule has 0 radical (unpaired) electrons. The van der Waals surface area contributed by atoms with Crippen molar-refractivity contribution in [2.75, 3.05) is 20.2 Å². The fraction of sp³-hybridized carbons (Fsp3) is 0.556. The highest BCUT2D eigenvalue weighted by atomic mass is 79.9. The van der Waals surface area contributed by atoms with E-state index in [9.17, 15) is 0 Å². The van der Waals surface area contributed by atoms with E-state index in [1.165, 1.54) is 11.1 Å². The molecule has 0 saturated heterocycles. The number of ether oxygens (including phenoxy) is 1. The van der Waals surface area contributed by atoms with E-state index < -0.39 is 0 Å². The van der Waals surface area contributed by atoms with Gasteiger partial charge in [-0.15, -0.1) is 0 Å². The summed E-state index contributed by atoms with van der Waals surface area (Å²) < 4.78 is 6.65. The monoisotopic (exact) mass is 381 g/mol. The summed E-state index contributed by atoms with van der Waals surface area (Å²) in [4.78, 5) is 11.0. The van der Waals surface area contributed by atoms with Crippen molar-refractivity contribution in [3.63, 3.8) is 0 Å². The van der Waals surface area contributed by atoms with Crippen LogP contribution >= 0.6 is 15.9 Å². The molecule has 0 bridgehead atoms. The van der Waals surface area contributed by atoms with E-state index >= 15 is 0 Å². The van der Waals surface area contributed by atoms with Crippen LogP contribution in [0.15, 0.2) is 26.7 Å². The molecule has 1 aromatic heterocycles. The molecule has 0 aliphatic heterocycles. The second-order valence-electron chi connectivity index (χ2n) is 5.93. The standard InChI is InChI=1S/C18H28BrN3O/c1-7-22(6)12-20-17-11-16(19)18(21-15(17)5)23-10-8-9-14(4)13(2)3/h11-12H,7-10H2,1-6H3/b20-12+. The largest absolute Gasteiger partial charge is 0.477 e. The van der Waals surface area contributed by atoms with Crippen LogP contribution in [-0.4, -0.2) is 36.4 Å². The maximum atomic E-state index is 5.81. The van der Waals surface area contributed by atoms with Crippen molar-refractivity contribution < 1.29 is 4.74 Å². The van der Waals surface area contributed by atoms with Gasteiger partial charge >= 0.3 is 0 Å². The number of hydrogen-bond acceptors (Lipinski definition) is 3. The minimum atomic E-state index is 0.639. The smallest absolute Gasteiger partial charge is 0.228 e. The molecule has 128 valence electrons. The Hall–Kier alpha value is -1.36. The van der Waals surface area contributed by atoms with Gasteiger partial charge in [0, 0.05) is 13.6 Å². The number of nitrogens with zero attached hydrogens (tertiary/aromatic N) is 3. The Labute approximate surface area is 148 Å². The molecule has 0 atom stereocenters. The lowest BCUT2D eigenvalue weighted by atomic mass is 10.1. The number of aromatic nitrogens is 1. The van der Waals surface area contributed by atoms with Gasteiger partial charge in [-0.25, -0.2) is 9.98 Å². The van der Waals surface area contributed by atoms with Crippen LogP contribution in [0, 0.1) is 6.92 Å². The quantitative estimate of drug-likeness (QED) is 0.266. The van der Waals surface area contributed by atoms with Gasteiger partial charge in [0.25, 0.3) is 0 Å². The summed E-state index contributed by atoms with van der Waals surface area (Å²) in [7, 11) is 1.99. The van der Waals surface area contributed by atoms with Crippen molar-refractivity contribution in [3.05, 3.63) is 27.4 Å². The van der Waals surface area contributed by atoms with Gasteiger partial charge in [-0.1, -0.05) is 11.1 Å². The Kier molecular flexibility index (Phi) is 8.31. The molecule has 0 aliphatic rings. The summed E-state index contributed by atoms with van der Waals surface area (Å²) >= 11 is 3.53. The molecule has 5 heteroatoms. The summed E-state index contributed by atoms with van der Waals surface area (Å²) in [5.74, 6) is 0.639. The molecule has 0 aromatic carbocycles. The minimum Gasteiger partial charge on any atom is -0.477 e. The molecule has 0 fully saturated rings. The lowest BCUT2D eigenvalue weighted by Gasteiger charge is -2.11. The molecule has 4 nitrogen and oxygen atoms in total. The average molecular weight is 382 g/mol. The number of aliphatic imine (C=N–C) groups is 1. The third-order valence-electron chi connectivity index (χ3n) is 3.79. The van der Waals surface area contributed by atoms with Crippen LogP contribution in [0.25, 0.3) is 0 Å². The summed E-state index contributed by atoms with van der Waals surface area (Å²) in [6.07, 6.45) is 3.87. The van der Waals surface area contributed by atoms with E-state index in [4.69, 9.17) is 4.74 Å². The fourth-order valence-corrected chi connectivity index (χ4v) is 2.20. The molecule has 0 saturated carbocycles. The second-order valence-corrected chi connectivity index (χ2v) is 6.78. The van der Waals surface area contributed by atoms with Gasteiger partial charge in [-0.3, -0.25) is 0 Å². The average Bonchev–Trinajstić information content (AvgIpc) is 2.51. The van der Waals surface area contributed by atoms with Crippen LogP contribution in [0.2, 0.25) is 0 Å². The first-order valence-electron chi connectivity index (χ1n) is 8.02. The molecule has 1 rings (SSSR count). The Morgan fingerprint density at radius 1 is 1.39 bits per heavy atom. The molecule has 0 N–H and O–H groups in total. The first kappa shape index (κ1) is 19.7. The summed E-state index contributed by atoms with van der Waals surface area (Å²) in [5, 5.41) is 0. The molecule has 1 heterocycles. The van der Waals surface area contributed by atoms with E-state index in [0.29, 0.717) is 12.5 Å². The highest BCUT2D eigenvalue weighted by Crippen LogP contribution is 2.29. The van der Waals surface area contributed by atoms with Crippen molar-refractivity contribution in [1.82, 2.24) is 9.88 Å². The molecule has 23 heavy (non-hydrogen) atoms. The number of halogens is 1. The lowest BCUT2D eigenvalue weighted by Crippen LogP contribution is -2.14. The molecule has 1 aromatic rings. The third-order valence-corrected chi connectivity index (χ3v) is 4.36. The third kappa shape index (κ3) is 6.73. The number of allylic oxidation sites excluding steroid dienone is 2. The Bertz CT molecular complexity index is 578. The van der Waals surface area contributed by atoms with E-state index in [-0.39, 0.29) is 0 Å². The maximum absolute atomic E-state index is 5.81. The first-order valence-corrected chi connectivity index (χ1v) is 8.81. The number of rotatable bonds is 8. The fourth-order valence-electron chi connectivity index (χ4n) is 1.78. The van der Waals surface area contributed by atoms with Crippen molar-refractivity contribution in [3.8, 4) is 5.88 Å². The second kappa shape index (κ2) is 9.71. The van der Waals surface area contributed by atoms with Crippen molar-refractivity contribution in [2.45, 2.75) is 47.5 Å². The van der Waals surface area contributed by atoms with Crippen molar-refractivity contribution in [1.29, 1.82) is 0 Å². The highest BCUT2D eigenvalue weighted by molar-refractivity contribution is 9.10. The SMILES string of the molecule is CCN(C)/C=N/c1cc(Br)c(OCCCC(C)=C(C)C)nc1C. The van der Waals surface area contributed by atoms with Crippen LogP contribution in [0.1, 0.15) is 46.2 Å². The van der Waals surface area contributed by atoms with Crippen molar-refractivity contribution in [2.24, 2.45) is 4.99 Å². The maximum Gasteiger partial charge on any atom is 0.228 e. The minimum absolute atomic E-state index is 0.639. The Balaban J connectivity index is 2.66. The predicted molar refractivity (Wildman–Crippen MR) is 102 cm³/mol. The Morgan fingerprint density at radius 2 is 2.09 bits per heavy atom. The number of pyridine rings is 1. The van der Waals surface area contributed by atoms with Gasteiger partial charge in [0.1, 0.15) is 0 Å². The molecule has 0 amide bonds. The van der Waals surface area contributed by atoms with Gasteiger partial charge in [-0.05, 0) is 69.5 Å². The van der Waals surface area contributed by atoms with Gasteiger partial charge < -0.3 is 9.64 Å². The van der Waals surface area contributed by atoms with E-state index in [0.717, 1.165) is 35.2 Å². The first-order chi connectivity index (χ1) is 10.8. The van der Waals surface area contributed by atoms with Crippen LogP contribution in [0.5, 0.6) is 5.88 Å². The van der Waals surface area contributed by atoms with Crippen LogP contribution in [0.4, 0.5) is 5.69 Å². The van der Waals surface area contributed by atoms with Crippen LogP contribution in [-0.2, 0) is 0 Å². The Morgan fingerprint density at radius 3 is 2.70 bits per heavy atom. The number of aryl methyl sites for hydroxylation is 1. The molecule has 0 aliphatic carbocycles. The zero-order valence-corrected chi connectivity index (χ0v) is 16.7. The lowest BCUT2D eigenvalue weighted by molar-refractivity contribution is 0.296. The predicted octanol–water partition coefficient (Wildman–Crippen LogP) is 5.28. The topological polar surface area (TPSA) is 37.7 Å². The normalized spacial score (nSPS) is 10.9. The van der Waals surface area contributed by atoms with Gasteiger partial charge in [0.05, 0.1) is 28.8 Å². The van der Waals surface area contributed by atoms with Gasteiger partial charge in [0.15, 0.2) is 0 Å². The summed E-state index contributed by atoms with van der Waals surface area (Å²) in [6, 6.07) is 1.96. The summed E-state index contributed by atoms with van der Waals surface area (Å²) in [6.45, 7) is 12.1. The van der Waals surface area contributed by atoms with E-state index in [1.54, 1.807) is 0 Å². The van der Waals surface area contributed by atoms with E-state index in [1.807, 2.05) is 31.3 Å². The molecule has 0 spiro atoms. The summed E-state index contributed by atoms with van der Waals surface area (Å²) in [5.41, 5.74) is 4.54.